The first-order chi connectivity index (χ1) is 9.24. The van der Waals surface area contributed by atoms with Crippen molar-refractivity contribution in [2.45, 2.75) is 0 Å². The maximum atomic E-state index is 4.42. The summed E-state index contributed by atoms with van der Waals surface area (Å²) in [5, 5.41) is 3.37. The van der Waals surface area contributed by atoms with Gasteiger partial charge in [-0.25, -0.2) is 0 Å². The molecule has 3 rings (SSSR count). The molecule has 1 aromatic carbocycles. The summed E-state index contributed by atoms with van der Waals surface area (Å²) in [6.07, 6.45) is 3.55. The van der Waals surface area contributed by atoms with Crippen LogP contribution in [0.4, 0.5) is 11.4 Å². The summed E-state index contributed by atoms with van der Waals surface area (Å²) in [5.41, 5.74) is 3.64. The Kier molecular flexibility index (Phi) is 3.48. The van der Waals surface area contributed by atoms with Crippen LogP contribution in [0.15, 0.2) is 57.7 Å². The number of nitrogens with one attached hydrogen (secondary N) is 1. The molecule has 0 aliphatic rings. The van der Waals surface area contributed by atoms with Crippen LogP contribution in [-0.2, 0) is 0 Å². The Morgan fingerprint density at radius 1 is 0.947 bits per heavy atom. The van der Waals surface area contributed by atoms with E-state index in [9.17, 15) is 0 Å². The monoisotopic (exact) mass is 377 g/mol. The van der Waals surface area contributed by atoms with Crippen molar-refractivity contribution in [1.29, 1.82) is 0 Å². The molecule has 94 valence electrons. The number of halogens is 2. The molecule has 3 aromatic rings. The Morgan fingerprint density at radius 2 is 1.79 bits per heavy atom. The molecule has 0 atom stereocenters. The predicted octanol–water partition coefficient (Wildman–Crippen LogP) is 4.90. The summed E-state index contributed by atoms with van der Waals surface area (Å²) in [6.45, 7) is 0. The van der Waals surface area contributed by atoms with E-state index in [0.717, 1.165) is 31.4 Å². The molecule has 0 spiro atoms. The number of anilines is 2. The second-order valence-corrected chi connectivity index (χ2v) is 5.75. The van der Waals surface area contributed by atoms with Gasteiger partial charge < -0.3 is 5.32 Å². The van der Waals surface area contributed by atoms with E-state index in [1.807, 2.05) is 36.4 Å². The summed E-state index contributed by atoms with van der Waals surface area (Å²) in [4.78, 5) is 8.74. The second kappa shape index (κ2) is 5.27. The molecule has 0 aliphatic carbocycles. The molecule has 5 heteroatoms. The minimum atomic E-state index is 0.849. The lowest BCUT2D eigenvalue weighted by Gasteiger charge is -2.10. The summed E-state index contributed by atoms with van der Waals surface area (Å²) >= 11 is 6.93. The minimum Gasteiger partial charge on any atom is -0.353 e. The Bertz CT molecular complexity index is 744. The number of benzene rings is 1. The molecule has 19 heavy (non-hydrogen) atoms. The van der Waals surface area contributed by atoms with E-state index in [2.05, 4.69) is 47.1 Å². The predicted molar refractivity (Wildman–Crippen MR) is 84.7 cm³/mol. The number of aromatic nitrogens is 2. The highest BCUT2D eigenvalue weighted by Gasteiger charge is 2.05. The van der Waals surface area contributed by atoms with Gasteiger partial charge in [0.1, 0.15) is 5.52 Å². The van der Waals surface area contributed by atoms with Gasteiger partial charge in [-0.3, -0.25) is 9.97 Å². The smallest absolute Gasteiger partial charge is 0.112 e. The van der Waals surface area contributed by atoms with Gasteiger partial charge in [-0.05, 0) is 56.1 Å². The van der Waals surface area contributed by atoms with Crippen LogP contribution in [0, 0.1) is 0 Å². The van der Waals surface area contributed by atoms with Gasteiger partial charge in [0, 0.05) is 21.3 Å². The maximum Gasteiger partial charge on any atom is 0.112 e. The number of pyridine rings is 2. The molecule has 0 radical (unpaired) electrons. The quantitative estimate of drug-likeness (QED) is 0.689. The number of fused-ring (bicyclic) bond motifs is 1. The first-order valence-electron chi connectivity index (χ1n) is 5.66. The topological polar surface area (TPSA) is 37.8 Å². The van der Waals surface area contributed by atoms with Crippen LogP contribution in [0.3, 0.4) is 0 Å². The fourth-order valence-corrected chi connectivity index (χ4v) is 2.52. The Labute approximate surface area is 127 Å². The van der Waals surface area contributed by atoms with Gasteiger partial charge in [0.05, 0.1) is 16.9 Å². The third kappa shape index (κ3) is 2.62. The minimum absolute atomic E-state index is 0.849. The first-order valence-corrected chi connectivity index (χ1v) is 7.24. The van der Waals surface area contributed by atoms with Crippen molar-refractivity contribution < 1.29 is 0 Å². The van der Waals surface area contributed by atoms with Crippen molar-refractivity contribution in [3.05, 3.63) is 57.7 Å². The van der Waals surface area contributed by atoms with Crippen molar-refractivity contribution in [3.63, 3.8) is 0 Å². The zero-order chi connectivity index (χ0) is 13.2. The van der Waals surface area contributed by atoms with Gasteiger partial charge >= 0.3 is 0 Å². The summed E-state index contributed by atoms with van der Waals surface area (Å²) in [6, 6.07) is 11.8. The SMILES string of the molecule is Brc1cnc2c(Nc3ccccc3Br)ccnc2c1. The fraction of sp³-hybridized carbons (Fsp3) is 0. The average molecular weight is 379 g/mol. The van der Waals surface area contributed by atoms with Crippen LogP contribution >= 0.6 is 31.9 Å². The van der Waals surface area contributed by atoms with Crippen LogP contribution in [0.25, 0.3) is 11.0 Å². The Hall–Kier alpha value is -1.46. The van der Waals surface area contributed by atoms with Crippen LogP contribution in [0.2, 0.25) is 0 Å². The van der Waals surface area contributed by atoms with Gasteiger partial charge in [-0.2, -0.15) is 0 Å². The third-order valence-corrected chi connectivity index (χ3v) is 3.81. The second-order valence-electron chi connectivity index (χ2n) is 3.98. The first kappa shape index (κ1) is 12.6. The van der Waals surface area contributed by atoms with Gasteiger partial charge in [-0.15, -0.1) is 0 Å². The van der Waals surface area contributed by atoms with Crippen LogP contribution in [0.5, 0.6) is 0 Å². The molecule has 0 saturated carbocycles. The lowest BCUT2D eigenvalue weighted by Crippen LogP contribution is -1.94. The van der Waals surface area contributed by atoms with E-state index in [0.29, 0.717) is 0 Å². The van der Waals surface area contributed by atoms with Gasteiger partial charge in [0.15, 0.2) is 0 Å². The lowest BCUT2D eigenvalue weighted by molar-refractivity contribution is 1.32. The third-order valence-electron chi connectivity index (χ3n) is 2.69. The van der Waals surface area contributed by atoms with Crippen LogP contribution in [0.1, 0.15) is 0 Å². The molecule has 0 saturated heterocycles. The van der Waals surface area contributed by atoms with Crippen molar-refractivity contribution in [2.75, 3.05) is 5.32 Å². The number of hydrogen-bond donors (Lipinski definition) is 1. The van der Waals surface area contributed by atoms with Gasteiger partial charge in [0.25, 0.3) is 0 Å². The van der Waals surface area contributed by atoms with Crippen molar-refractivity contribution in [2.24, 2.45) is 0 Å². The largest absolute Gasteiger partial charge is 0.353 e. The number of rotatable bonds is 2. The number of hydrogen-bond acceptors (Lipinski definition) is 3. The van der Waals surface area contributed by atoms with Gasteiger partial charge in [-0.1, -0.05) is 12.1 Å². The molecule has 3 nitrogen and oxygen atoms in total. The van der Waals surface area contributed by atoms with Crippen molar-refractivity contribution in [1.82, 2.24) is 9.97 Å². The fourth-order valence-electron chi connectivity index (χ4n) is 1.81. The highest BCUT2D eigenvalue weighted by Crippen LogP contribution is 2.29. The van der Waals surface area contributed by atoms with Gasteiger partial charge in [0.2, 0.25) is 0 Å². The molecule has 2 aromatic heterocycles. The summed E-state index contributed by atoms with van der Waals surface area (Å²) in [7, 11) is 0. The molecule has 0 unspecified atom stereocenters. The van der Waals surface area contributed by atoms with E-state index in [4.69, 9.17) is 0 Å². The molecule has 1 N–H and O–H groups in total. The molecular formula is C14H9Br2N3. The van der Waals surface area contributed by atoms with E-state index in [-0.39, 0.29) is 0 Å². The van der Waals surface area contributed by atoms with Crippen LogP contribution in [-0.4, -0.2) is 9.97 Å². The van der Waals surface area contributed by atoms with Crippen LogP contribution < -0.4 is 5.32 Å². The molecular weight excluding hydrogens is 370 g/mol. The van der Waals surface area contributed by atoms with E-state index in [1.54, 1.807) is 12.4 Å². The van der Waals surface area contributed by atoms with E-state index in [1.165, 1.54) is 0 Å². The maximum absolute atomic E-state index is 4.42. The Balaban J connectivity index is 2.09. The van der Waals surface area contributed by atoms with Crippen molar-refractivity contribution in [3.8, 4) is 0 Å². The zero-order valence-corrected chi connectivity index (χ0v) is 12.9. The van der Waals surface area contributed by atoms with E-state index < -0.39 is 0 Å². The molecule has 0 bridgehead atoms. The standard InChI is InChI=1S/C14H9Br2N3/c15-9-7-13-14(18-8-9)12(5-6-17-13)19-11-4-2-1-3-10(11)16/h1-8H,(H,17,19). The normalized spacial score (nSPS) is 10.6. The highest BCUT2D eigenvalue weighted by molar-refractivity contribution is 9.10. The molecule has 0 amide bonds. The number of nitrogens with zero attached hydrogens (tertiary/aromatic N) is 2. The molecule has 2 heterocycles. The highest BCUT2D eigenvalue weighted by atomic mass is 79.9. The average Bonchev–Trinajstić information content (AvgIpc) is 2.41. The summed E-state index contributed by atoms with van der Waals surface area (Å²) < 4.78 is 1.93. The summed E-state index contributed by atoms with van der Waals surface area (Å²) in [5.74, 6) is 0. The zero-order valence-electron chi connectivity index (χ0n) is 9.77. The van der Waals surface area contributed by atoms with Crippen molar-refractivity contribution >= 4 is 54.3 Å². The van der Waals surface area contributed by atoms with E-state index >= 15 is 0 Å². The molecule has 0 aliphatic heterocycles. The lowest BCUT2D eigenvalue weighted by atomic mass is 10.2. The molecule has 0 fully saturated rings. The Morgan fingerprint density at radius 3 is 2.63 bits per heavy atom. The number of para-hydroxylation sites is 1.